The van der Waals surface area contributed by atoms with Gasteiger partial charge in [0.1, 0.15) is 5.69 Å². The van der Waals surface area contributed by atoms with E-state index in [0.29, 0.717) is 11.6 Å². The summed E-state index contributed by atoms with van der Waals surface area (Å²) >= 11 is 0. The topological polar surface area (TPSA) is 52.6 Å². The van der Waals surface area contributed by atoms with Gasteiger partial charge in [0.15, 0.2) is 0 Å². The van der Waals surface area contributed by atoms with E-state index in [4.69, 9.17) is 0 Å². The summed E-state index contributed by atoms with van der Waals surface area (Å²) in [6.07, 6.45) is 1.92. The van der Waals surface area contributed by atoms with Crippen molar-refractivity contribution >= 4 is 11.9 Å². The monoisotopic (exact) mass is 319 g/mol. The number of carbonyl (C=O) groups is 1. The Bertz CT molecular complexity index is 520. The van der Waals surface area contributed by atoms with E-state index in [-0.39, 0.29) is 5.91 Å². The van der Waals surface area contributed by atoms with Gasteiger partial charge in [-0.3, -0.25) is 4.79 Å². The summed E-state index contributed by atoms with van der Waals surface area (Å²) in [5.74, 6) is 0.712. The van der Waals surface area contributed by atoms with E-state index in [1.165, 1.54) is 0 Å². The Kier molecular flexibility index (Phi) is 6.33. The van der Waals surface area contributed by atoms with Crippen molar-refractivity contribution in [3.8, 4) is 0 Å². The van der Waals surface area contributed by atoms with E-state index in [1.807, 2.05) is 11.8 Å². The molecule has 0 bridgehead atoms. The van der Waals surface area contributed by atoms with Gasteiger partial charge in [0.2, 0.25) is 5.95 Å². The standard InChI is InChI=1S/C17H29N5O/c1-5-7-21(8-6-2)16(23)15-13-14(3)18-17(19-15)22-11-9-20(4)10-12-22/h13H,5-12H2,1-4H3. The highest BCUT2D eigenvalue weighted by Gasteiger charge is 2.21. The molecule has 0 spiro atoms. The van der Waals surface area contributed by atoms with Crippen LogP contribution < -0.4 is 4.90 Å². The molecule has 6 heteroatoms. The zero-order valence-electron chi connectivity index (χ0n) is 14.9. The van der Waals surface area contributed by atoms with E-state index in [0.717, 1.165) is 57.8 Å². The Morgan fingerprint density at radius 2 is 1.74 bits per heavy atom. The number of amides is 1. The first-order valence-corrected chi connectivity index (χ1v) is 8.63. The lowest BCUT2D eigenvalue weighted by molar-refractivity contribution is 0.0749. The molecule has 2 rings (SSSR count). The Morgan fingerprint density at radius 1 is 1.13 bits per heavy atom. The molecule has 1 saturated heterocycles. The van der Waals surface area contributed by atoms with Gasteiger partial charge in [-0.2, -0.15) is 0 Å². The third kappa shape index (κ3) is 4.64. The van der Waals surface area contributed by atoms with Crippen LogP contribution in [0, 0.1) is 6.92 Å². The molecular formula is C17H29N5O. The summed E-state index contributed by atoms with van der Waals surface area (Å²) in [5, 5.41) is 0. The van der Waals surface area contributed by atoms with Gasteiger partial charge < -0.3 is 14.7 Å². The van der Waals surface area contributed by atoms with Gasteiger partial charge in [-0.15, -0.1) is 0 Å². The maximum absolute atomic E-state index is 12.8. The largest absolute Gasteiger partial charge is 0.338 e. The highest BCUT2D eigenvalue weighted by Crippen LogP contribution is 2.14. The Morgan fingerprint density at radius 3 is 2.30 bits per heavy atom. The van der Waals surface area contributed by atoms with Gasteiger partial charge in [0, 0.05) is 45.0 Å². The number of anilines is 1. The van der Waals surface area contributed by atoms with Crippen molar-refractivity contribution in [2.45, 2.75) is 33.6 Å². The molecule has 1 aromatic heterocycles. The van der Waals surface area contributed by atoms with Crippen molar-refractivity contribution in [1.82, 2.24) is 19.8 Å². The zero-order valence-corrected chi connectivity index (χ0v) is 14.9. The average Bonchev–Trinajstić information content (AvgIpc) is 2.54. The van der Waals surface area contributed by atoms with E-state index in [9.17, 15) is 4.79 Å². The van der Waals surface area contributed by atoms with Crippen LogP contribution in [0.3, 0.4) is 0 Å². The molecule has 1 aliphatic heterocycles. The second kappa shape index (κ2) is 8.24. The number of piperazine rings is 1. The van der Waals surface area contributed by atoms with E-state index in [2.05, 4.69) is 40.7 Å². The average molecular weight is 319 g/mol. The van der Waals surface area contributed by atoms with Crippen LogP contribution in [0.1, 0.15) is 42.9 Å². The molecule has 0 saturated carbocycles. The molecule has 0 unspecified atom stereocenters. The van der Waals surface area contributed by atoms with Crippen LogP contribution in [-0.2, 0) is 0 Å². The number of hydrogen-bond acceptors (Lipinski definition) is 5. The Balaban J connectivity index is 2.20. The van der Waals surface area contributed by atoms with Gasteiger partial charge in [0.05, 0.1) is 0 Å². The van der Waals surface area contributed by atoms with E-state index >= 15 is 0 Å². The summed E-state index contributed by atoms with van der Waals surface area (Å²) in [6.45, 7) is 11.5. The molecule has 1 aromatic rings. The van der Waals surface area contributed by atoms with Crippen molar-refractivity contribution in [3.63, 3.8) is 0 Å². The predicted octanol–water partition coefficient (Wildman–Crippen LogP) is 1.80. The van der Waals surface area contributed by atoms with Crippen molar-refractivity contribution in [1.29, 1.82) is 0 Å². The molecule has 0 aromatic carbocycles. The molecule has 1 aliphatic rings. The molecule has 1 fully saturated rings. The first-order chi connectivity index (χ1) is 11.0. The number of aryl methyl sites for hydroxylation is 1. The summed E-state index contributed by atoms with van der Waals surface area (Å²) in [4.78, 5) is 28.3. The van der Waals surface area contributed by atoms with Gasteiger partial charge >= 0.3 is 0 Å². The molecule has 0 N–H and O–H groups in total. The number of rotatable bonds is 6. The number of carbonyl (C=O) groups excluding carboxylic acids is 1. The summed E-state index contributed by atoms with van der Waals surface area (Å²) < 4.78 is 0. The van der Waals surface area contributed by atoms with Crippen LogP contribution in [0.5, 0.6) is 0 Å². The quantitative estimate of drug-likeness (QED) is 0.800. The van der Waals surface area contributed by atoms with Crippen molar-refractivity contribution in [3.05, 3.63) is 17.5 Å². The second-order valence-electron chi connectivity index (χ2n) is 6.28. The first-order valence-electron chi connectivity index (χ1n) is 8.63. The zero-order chi connectivity index (χ0) is 16.8. The Hall–Kier alpha value is -1.69. The molecule has 0 aliphatic carbocycles. The molecule has 2 heterocycles. The second-order valence-corrected chi connectivity index (χ2v) is 6.28. The summed E-state index contributed by atoms with van der Waals surface area (Å²) in [6, 6.07) is 1.81. The van der Waals surface area contributed by atoms with E-state index in [1.54, 1.807) is 6.07 Å². The van der Waals surface area contributed by atoms with Gasteiger partial charge in [-0.05, 0) is 32.9 Å². The van der Waals surface area contributed by atoms with Crippen LogP contribution in [0.15, 0.2) is 6.07 Å². The van der Waals surface area contributed by atoms with Crippen LogP contribution >= 0.6 is 0 Å². The fourth-order valence-electron chi connectivity index (χ4n) is 2.83. The predicted molar refractivity (Wildman–Crippen MR) is 93.0 cm³/mol. The fourth-order valence-corrected chi connectivity index (χ4v) is 2.83. The minimum Gasteiger partial charge on any atom is -0.338 e. The minimum absolute atomic E-state index is 0.0228. The Labute approximate surface area is 139 Å². The maximum atomic E-state index is 12.8. The molecule has 6 nitrogen and oxygen atoms in total. The number of aromatic nitrogens is 2. The molecule has 0 radical (unpaired) electrons. The highest BCUT2D eigenvalue weighted by atomic mass is 16.2. The lowest BCUT2D eigenvalue weighted by Crippen LogP contribution is -2.45. The highest BCUT2D eigenvalue weighted by molar-refractivity contribution is 5.92. The first kappa shape index (κ1) is 17.7. The van der Waals surface area contributed by atoms with Crippen LogP contribution in [0.2, 0.25) is 0 Å². The van der Waals surface area contributed by atoms with Crippen molar-refractivity contribution < 1.29 is 4.79 Å². The van der Waals surface area contributed by atoms with E-state index < -0.39 is 0 Å². The lowest BCUT2D eigenvalue weighted by Gasteiger charge is -2.32. The number of hydrogen-bond donors (Lipinski definition) is 0. The third-order valence-corrected chi connectivity index (χ3v) is 4.12. The normalized spacial score (nSPS) is 15.7. The number of likely N-dealkylation sites (N-methyl/N-ethyl adjacent to an activating group) is 1. The molecular weight excluding hydrogens is 290 g/mol. The summed E-state index contributed by atoms with van der Waals surface area (Å²) in [5.41, 5.74) is 1.37. The third-order valence-electron chi connectivity index (χ3n) is 4.12. The molecule has 1 amide bonds. The van der Waals surface area contributed by atoms with Gasteiger partial charge in [-0.25, -0.2) is 9.97 Å². The summed E-state index contributed by atoms with van der Waals surface area (Å²) in [7, 11) is 2.12. The van der Waals surface area contributed by atoms with Gasteiger partial charge in [-0.1, -0.05) is 13.8 Å². The molecule has 23 heavy (non-hydrogen) atoms. The van der Waals surface area contributed by atoms with Gasteiger partial charge in [0.25, 0.3) is 5.91 Å². The SMILES string of the molecule is CCCN(CCC)C(=O)c1cc(C)nc(N2CCN(C)CC2)n1. The fraction of sp³-hybridized carbons (Fsp3) is 0.706. The minimum atomic E-state index is 0.0228. The number of nitrogens with zero attached hydrogens (tertiary/aromatic N) is 5. The molecule has 128 valence electrons. The van der Waals surface area contributed by atoms with Crippen molar-refractivity contribution in [2.75, 3.05) is 51.2 Å². The lowest BCUT2D eigenvalue weighted by atomic mass is 10.2. The molecule has 0 atom stereocenters. The van der Waals surface area contributed by atoms with Crippen LogP contribution in [-0.4, -0.2) is 72.0 Å². The smallest absolute Gasteiger partial charge is 0.272 e. The van der Waals surface area contributed by atoms with Crippen LogP contribution in [0.4, 0.5) is 5.95 Å². The van der Waals surface area contributed by atoms with Crippen molar-refractivity contribution in [2.24, 2.45) is 0 Å². The maximum Gasteiger partial charge on any atom is 0.272 e. The van der Waals surface area contributed by atoms with Crippen LogP contribution in [0.25, 0.3) is 0 Å².